The van der Waals surface area contributed by atoms with Crippen molar-refractivity contribution in [3.8, 4) is 0 Å². The molecule has 1 aliphatic rings. The average molecular weight is 353 g/mol. The minimum Gasteiger partial charge on any atom is -0.378 e. The van der Waals surface area contributed by atoms with E-state index in [0.717, 1.165) is 11.6 Å². The third-order valence-corrected chi connectivity index (χ3v) is 2.86. The molecular weight excluding hydrogens is 343 g/mol. The second kappa shape index (κ2) is 7.93. The first kappa shape index (κ1) is 17.9. The molecule has 6 nitrogen and oxygen atoms in total. The topological polar surface area (TPSA) is 51.2 Å². The number of ether oxygens (including phenoxy) is 1. The van der Waals surface area contributed by atoms with Crippen molar-refractivity contribution in [2.75, 3.05) is 31.2 Å². The Balaban J connectivity index is 1.95. The number of hydrogen-bond donors (Lipinski definition) is 0. The minimum atomic E-state index is -2.31. The summed E-state index contributed by atoms with van der Waals surface area (Å²) >= 11 is 0. The van der Waals surface area contributed by atoms with E-state index in [4.69, 9.17) is 14.4 Å². The van der Waals surface area contributed by atoms with Gasteiger partial charge in [0.2, 0.25) is 5.82 Å². The molecule has 0 saturated carbocycles. The molecule has 0 fully saturated rings. The molecule has 0 spiro atoms. The SMILES string of the molecule is O=[C]N(CCOCCN1OC=CO1)c1c(F)c(F)c(F)c(F)c1F. The first-order valence-corrected chi connectivity index (χ1v) is 6.48. The van der Waals surface area contributed by atoms with E-state index in [1.165, 1.54) is 12.5 Å². The van der Waals surface area contributed by atoms with E-state index in [-0.39, 0.29) is 24.7 Å². The van der Waals surface area contributed by atoms with Crippen molar-refractivity contribution >= 4 is 12.1 Å². The summed E-state index contributed by atoms with van der Waals surface area (Å²) in [5, 5.41) is 1.06. The summed E-state index contributed by atoms with van der Waals surface area (Å²) in [4.78, 5) is 20.6. The lowest BCUT2D eigenvalue weighted by Crippen LogP contribution is -2.30. The highest BCUT2D eigenvalue weighted by molar-refractivity contribution is 5.76. The molecule has 1 aromatic carbocycles. The second-order valence-electron chi connectivity index (χ2n) is 4.31. The van der Waals surface area contributed by atoms with Crippen LogP contribution < -0.4 is 4.90 Å². The van der Waals surface area contributed by atoms with E-state index < -0.39 is 41.3 Å². The van der Waals surface area contributed by atoms with E-state index in [1.54, 1.807) is 0 Å². The minimum absolute atomic E-state index is 0.0471. The van der Waals surface area contributed by atoms with Gasteiger partial charge >= 0.3 is 6.41 Å². The maximum Gasteiger partial charge on any atom is 0.317 e. The Hall–Kier alpha value is -2.40. The van der Waals surface area contributed by atoms with Crippen LogP contribution in [0.3, 0.4) is 0 Å². The lowest BCUT2D eigenvalue weighted by atomic mass is 10.2. The average Bonchev–Trinajstić information content (AvgIpc) is 3.09. The number of nitrogens with zero attached hydrogens (tertiary/aromatic N) is 2. The fourth-order valence-electron chi connectivity index (χ4n) is 1.75. The molecule has 1 heterocycles. The predicted octanol–water partition coefficient (Wildman–Crippen LogP) is 1.92. The predicted molar refractivity (Wildman–Crippen MR) is 68.1 cm³/mol. The van der Waals surface area contributed by atoms with Crippen molar-refractivity contribution in [2.45, 2.75) is 0 Å². The van der Waals surface area contributed by atoms with Crippen LogP contribution in [0.2, 0.25) is 0 Å². The maximum atomic E-state index is 13.6. The number of amides is 1. The second-order valence-corrected chi connectivity index (χ2v) is 4.31. The molecule has 0 aliphatic carbocycles. The quantitative estimate of drug-likeness (QED) is 0.235. The summed E-state index contributed by atoms with van der Waals surface area (Å²) in [6, 6.07) is 0. The number of halogens is 5. The van der Waals surface area contributed by atoms with Gasteiger partial charge in [0, 0.05) is 5.23 Å². The molecule has 0 saturated heterocycles. The number of hydroxylamine groups is 2. The Morgan fingerprint density at radius 1 is 0.958 bits per heavy atom. The summed E-state index contributed by atoms with van der Waals surface area (Å²) < 4.78 is 71.5. The summed E-state index contributed by atoms with van der Waals surface area (Å²) in [7, 11) is 0. The van der Waals surface area contributed by atoms with E-state index in [1.807, 2.05) is 0 Å². The van der Waals surface area contributed by atoms with Crippen LogP contribution in [0.1, 0.15) is 0 Å². The van der Waals surface area contributed by atoms with Gasteiger partial charge in [0.25, 0.3) is 0 Å². The number of rotatable bonds is 8. The van der Waals surface area contributed by atoms with Crippen molar-refractivity contribution in [3.05, 3.63) is 41.6 Å². The van der Waals surface area contributed by atoms with E-state index >= 15 is 0 Å². The van der Waals surface area contributed by atoms with E-state index in [2.05, 4.69) is 0 Å². The van der Waals surface area contributed by atoms with Crippen molar-refractivity contribution in [3.63, 3.8) is 0 Å². The molecule has 0 unspecified atom stereocenters. The first-order chi connectivity index (χ1) is 11.5. The molecule has 0 atom stereocenters. The van der Waals surface area contributed by atoms with Gasteiger partial charge in [0.15, 0.2) is 35.8 Å². The fraction of sp³-hybridized carbons (Fsp3) is 0.308. The Labute approximate surface area is 132 Å². The Morgan fingerprint density at radius 2 is 1.50 bits per heavy atom. The van der Waals surface area contributed by atoms with Gasteiger partial charge in [-0.2, -0.15) is 0 Å². The molecule has 1 amide bonds. The standard InChI is InChI=1S/C13H10F5N2O4/c14-8-9(15)11(17)13(12(18)10(8)16)19(7-21)1-3-22-4-2-20-23-5-6-24-20/h5-6H,1-4H2. The van der Waals surface area contributed by atoms with Gasteiger partial charge in [-0.3, -0.25) is 9.69 Å². The Morgan fingerprint density at radius 3 is 2.04 bits per heavy atom. The largest absolute Gasteiger partial charge is 0.378 e. The monoisotopic (exact) mass is 353 g/mol. The number of carbonyl (C=O) groups excluding carboxylic acids is 1. The molecule has 1 aliphatic heterocycles. The van der Waals surface area contributed by atoms with Crippen molar-refractivity contribution in [2.24, 2.45) is 0 Å². The highest BCUT2D eigenvalue weighted by Gasteiger charge is 2.29. The van der Waals surface area contributed by atoms with Crippen LogP contribution in [-0.4, -0.2) is 37.9 Å². The maximum absolute atomic E-state index is 13.6. The van der Waals surface area contributed by atoms with E-state index in [0.29, 0.717) is 0 Å². The van der Waals surface area contributed by atoms with Crippen LogP contribution in [-0.2, 0) is 19.2 Å². The summed E-state index contributed by atoms with van der Waals surface area (Å²) in [5.41, 5.74) is -1.39. The fourth-order valence-corrected chi connectivity index (χ4v) is 1.75. The zero-order valence-corrected chi connectivity index (χ0v) is 11.9. The van der Waals surface area contributed by atoms with Gasteiger partial charge in [-0.15, -0.1) is 0 Å². The van der Waals surface area contributed by atoms with Crippen LogP contribution in [0.15, 0.2) is 12.5 Å². The molecule has 11 heteroatoms. The van der Waals surface area contributed by atoms with Crippen molar-refractivity contribution in [1.29, 1.82) is 0 Å². The number of benzene rings is 1. The molecule has 0 aromatic heterocycles. The molecule has 24 heavy (non-hydrogen) atoms. The third-order valence-electron chi connectivity index (χ3n) is 2.86. The van der Waals surface area contributed by atoms with Gasteiger partial charge < -0.3 is 14.4 Å². The Kier molecular flexibility index (Phi) is 5.93. The molecule has 0 N–H and O–H groups in total. The number of hydrogen-bond acceptors (Lipinski definition) is 5. The highest BCUT2D eigenvalue weighted by atomic mass is 19.2. The van der Waals surface area contributed by atoms with Crippen molar-refractivity contribution in [1.82, 2.24) is 5.23 Å². The Bertz CT molecular complexity index is 606. The lowest BCUT2D eigenvalue weighted by Gasteiger charge is -2.19. The highest BCUT2D eigenvalue weighted by Crippen LogP contribution is 2.29. The van der Waals surface area contributed by atoms with Gasteiger partial charge in [-0.05, 0) is 0 Å². The third kappa shape index (κ3) is 3.74. The zero-order valence-electron chi connectivity index (χ0n) is 11.9. The molecule has 1 aromatic rings. The van der Waals surface area contributed by atoms with Gasteiger partial charge in [0.1, 0.15) is 5.69 Å². The van der Waals surface area contributed by atoms with Crippen LogP contribution >= 0.6 is 0 Å². The summed E-state index contributed by atoms with van der Waals surface area (Å²) in [5.74, 6) is -10.9. The summed E-state index contributed by atoms with van der Waals surface area (Å²) in [6.45, 7) is -0.524. The lowest BCUT2D eigenvalue weighted by molar-refractivity contribution is -0.288. The van der Waals surface area contributed by atoms with Gasteiger partial charge in [-0.1, -0.05) is 0 Å². The van der Waals surface area contributed by atoms with Crippen LogP contribution in [0, 0.1) is 29.1 Å². The van der Waals surface area contributed by atoms with Crippen LogP contribution in [0.4, 0.5) is 27.6 Å². The van der Waals surface area contributed by atoms with Crippen LogP contribution in [0.5, 0.6) is 0 Å². The molecule has 2 rings (SSSR count). The molecular formula is C13H10F5N2O4. The van der Waals surface area contributed by atoms with Crippen LogP contribution in [0.25, 0.3) is 0 Å². The molecule has 1 radical (unpaired) electrons. The number of anilines is 1. The van der Waals surface area contributed by atoms with Gasteiger partial charge in [0.05, 0.1) is 26.3 Å². The molecule has 131 valence electrons. The normalized spacial score (nSPS) is 13.7. The zero-order chi connectivity index (χ0) is 17.7. The smallest absolute Gasteiger partial charge is 0.317 e. The molecule has 0 bridgehead atoms. The van der Waals surface area contributed by atoms with Crippen molar-refractivity contribution < 1.29 is 41.2 Å². The van der Waals surface area contributed by atoms with Gasteiger partial charge in [-0.25, -0.2) is 22.0 Å². The first-order valence-electron chi connectivity index (χ1n) is 6.48. The summed E-state index contributed by atoms with van der Waals surface area (Å²) in [6.07, 6.45) is 3.64. The van der Waals surface area contributed by atoms with E-state index in [9.17, 15) is 26.7 Å².